The number of aryl methyl sites for hydroxylation is 1. The molecule has 2 aromatic heterocycles. The van der Waals surface area contributed by atoms with Gasteiger partial charge < -0.3 is 55.2 Å². The third-order valence-corrected chi connectivity index (χ3v) is 14.3. The van der Waals surface area contributed by atoms with Gasteiger partial charge in [-0.25, -0.2) is 19.0 Å². The van der Waals surface area contributed by atoms with E-state index in [0.717, 1.165) is 16.0 Å². The Kier molecular flexibility index (Phi) is 16.7. The molecule has 5 heterocycles. The van der Waals surface area contributed by atoms with Crippen molar-refractivity contribution < 1.29 is 66.8 Å². The molecule has 0 radical (unpaired) electrons. The third kappa shape index (κ3) is 12.1. The fourth-order valence-corrected chi connectivity index (χ4v) is 10.1. The predicted octanol–water partition coefficient (Wildman–Crippen LogP) is 2.69. The second-order valence-corrected chi connectivity index (χ2v) is 19.3. The number of aromatic nitrogens is 2. The molecule has 22 nitrogen and oxygen atoms in total. The largest absolute Gasteiger partial charge is 0.458 e. The van der Waals surface area contributed by atoms with Gasteiger partial charge in [-0.2, -0.15) is 0 Å². The van der Waals surface area contributed by atoms with Crippen LogP contribution in [0.5, 0.6) is 0 Å². The van der Waals surface area contributed by atoms with Gasteiger partial charge in [-0.1, -0.05) is 49.4 Å². The Hall–Kier alpha value is -8.67. The van der Waals surface area contributed by atoms with Crippen molar-refractivity contribution in [3.05, 3.63) is 140 Å². The normalized spacial score (nSPS) is 17.1. The lowest BCUT2D eigenvalue weighted by molar-refractivity contribution is -0.172. The minimum atomic E-state index is -2.04. The number of carbonyl (C=O) groups is 8. The van der Waals surface area contributed by atoms with Crippen LogP contribution in [-0.2, 0) is 90.7 Å². The van der Waals surface area contributed by atoms with E-state index in [9.17, 15) is 48.3 Å². The van der Waals surface area contributed by atoms with E-state index in [2.05, 4.69) is 26.6 Å². The number of cyclic esters (lactones) is 1. The number of amides is 7. The molecule has 0 saturated carbocycles. The van der Waals surface area contributed by atoms with Crippen molar-refractivity contribution in [2.45, 2.75) is 83.4 Å². The lowest BCUT2D eigenvalue weighted by atomic mass is 9.81. The molecule has 6 N–H and O–H groups in total. The van der Waals surface area contributed by atoms with Crippen LogP contribution >= 0.6 is 0 Å². The van der Waals surface area contributed by atoms with Crippen LogP contribution in [0.4, 0.5) is 14.9 Å². The molecular weight excluding hydrogens is 1030 g/mol. The van der Waals surface area contributed by atoms with Gasteiger partial charge in [-0.05, 0) is 72.2 Å². The number of anilines is 1. The van der Waals surface area contributed by atoms with Crippen LogP contribution in [0, 0.1) is 12.7 Å². The quantitative estimate of drug-likeness (QED) is 0.0324. The van der Waals surface area contributed by atoms with Gasteiger partial charge in [0, 0.05) is 53.3 Å². The summed E-state index contributed by atoms with van der Waals surface area (Å²) in [5.41, 5.74) is 3.01. The molecule has 0 unspecified atom stereocenters. The number of hydrogen-bond acceptors (Lipinski definition) is 15. The summed E-state index contributed by atoms with van der Waals surface area (Å²) in [6.45, 7) is 2.63. The summed E-state index contributed by atoms with van der Waals surface area (Å²) in [5, 5.41) is 25.4. The highest BCUT2D eigenvalue weighted by atomic mass is 19.1. The number of hydrogen-bond donors (Lipinski definition) is 6. The summed E-state index contributed by atoms with van der Waals surface area (Å²) >= 11 is 0. The number of imide groups is 1. The summed E-state index contributed by atoms with van der Waals surface area (Å²) in [6, 6.07) is 16.5. The molecular formula is C56H57FN8O14. The van der Waals surface area contributed by atoms with Gasteiger partial charge >= 0.3 is 12.1 Å². The fourth-order valence-electron chi connectivity index (χ4n) is 10.1. The van der Waals surface area contributed by atoms with Crippen molar-refractivity contribution in [3.63, 3.8) is 0 Å². The van der Waals surface area contributed by atoms with E-state index in [1.807, 2.05) is 0 Å². The monoisotopic (exact) mass is 1080 g/mol. The lowest BCUT2D eigenvalue weighted by Gasteiger charge is -2.31. The Morgan fingerprint density at radius 2 is 1.58 bits per heavy atom. The van der Waals surface area contributed by atoms with Gasteiger partial charge in [0.05, 0.1) is 81.1 Å². The summed E-state index contributed by atoms with van der Waals surface area (Å²) in [5.74, 6) is -4.44. The molecule has 3 aromatic carbocycles. The van der Waals surface area contributed by atoms with E-state index in [1.54, 1.807) is 74.5 Å². The molecule has 412 valence electrons. The van der Waals surface area contributed by atoms with Crippen LogP contribution in [-0.4, -0.2) is 119 Å². The maximum Gasteiger partial charge on any atom is 0.407 e. The van der Waals surface area contributed by atoms with Crippen LogP contribution < -0.4 is 32.1 Å². The molecule has 3 aliphatic heterocycles. The maximum atomic E-state index is 15.4. The lowest BCUT2D eigenvalue weighted by Crippen LogP contribution is -2.51. The Morgan fingerprint density at radius 1 is 0.861 bits per heavy atom. The number of esters is 1. The zero-order valence-electron chi connectivity index (χ0n) is 43.2. The predicted molar refractivity (Wildman–Crippen MR) is 279 cm³/mol. The summed E-state index contributed by atoms with van der Waals surface area (Å²) in [7, 11) is 0. The van der Waals surface area contributed by atoms with Gasteiger partial charge in [0.2, 0.25) is 23.6 Å². The van der Waals surface area contributed by atoms with E-state index < -0.39 is 89.7 Å². The van der Waals surface area contributed by atoms with Crippen molar-refractivity contribution >= 4 is 64.1 Å². The Balaban J connectivity index is 0.748. The Morgan fingerprint density at radius 3 is 2.32 bits per heavy atom. The number of rotatable bonds is 22. The molecule has 4 aliphatic rings. The Labute approximate surface area is 451 Å². The standard InChI is InChI=1S/C56H57FN8O14/c1-3-56(75)38-24-43-51-36(28-65(43)53(72)37(38)30-78-54(56)73)50-40(14-13-35-31(2)39(57)25-41(62-51)49(35)50)63-55(74)79-29-33-9-11-34(12-10-33)60-45(67)27-59-52(71)42(23-32-7-5-4-6-8-32)61-46(68)26-58-44(66)17-19-76-21-22-77-20-18-64-47(69)15-16-48(64)70/h4-12,15-16,24-25,40,42,75H,3,13-14,17-23,26-30H2,1-2H3,(H,58,66)(H,59,71)(H,60,67)(H,61,68)(H,63,74)/t40-,42-,56-/m0/s1. The number of carbonyl (C=O) groups excluding carboxylic acids is 8. The minimum absolute atomic E-state index is 0.0352. The van der Waals surface area contributed by atoms with Crippen LogP contribution in [0.3, 0.4) is 0 Å². The average molecular weight is 1090 g/mol. The first-order chi connectivity index (χ1) is 38.0. The van der Waals surface area contributed by atoms with Gasteiger partial charge in [-0.3, -0.25) is 38.5 Å². The van der Waals surface area contributed by atoms with Crippen LogP contribution in [0.15, 0.2) is 83.7 Å². The molecule has 3 atom stereocenters. The van der Waals surface area contributed by atoms with Crippen LogP contribution in [0.25, 0.3) is 22.3 Å². The molecule has 0 bridgehead atoms. The third-order valence-electron chi connectivity index (χ3n) is 14.3. The van der Waals surface area contributed by atoms with Crippen molar-refractivity contribution in [1.29, 1.82) is 0 Å². The summed E-state index contributed by atoms with van der Waals surface area (Å²) in [4.78, 5) is 121. The molecule has 9 rings (SSSR count). The number of halogens is 1. The number of nitrogens with zero attached hydrogens (tertiary/aromatic N) is 3. The Bertz CT molecular complexity index is 3350. The number of pyridine rings is 2. The van der Waals surface area contributed by atoms with Crippen LogP contribution in [0.1, 0.15) is 76.7 Å². The van der Waals surface area contributed by atoms with E-state index in [-0.39, 0.29) is 83.1 Å². The van der Waals surface area contributed by atoms with Gasteiger partial charge in [-0.15, -0.1) is 0 Å². The van der Waals surface area contributed by atoms with Gasteiger partial charge in [0.1, 0.15) is 25.1 Å². The van der Waals surface area contributed by atoms with Crippen molar-refractivity contribution in [1.82, 2.24) is 35.7 Å². The van der Waals surface area contributed by atoms with Crippen LogP contribution in [0.2, 0.25) is 0 Å². The van der Waals surface area contributed by atoms with E-state index >= 15 is 4.39 Å². The SMILES string of the molecule is CC[C@@]1(O)C(=O)OCc2c1cc1n(c2=O)Cc2c-1nc1cc(F)c(C)c3c1c2[C@@H](NC(=O)OCc1ccc(NC(=O)CNC(=O)[C@H](Cc2ccccc2)NC(=O)CNC(=O)CCOCCOCCN2C(=O)C=CC2=O)cc1)CC3. The second kappa shape index (κ2) is 23.9. The van der Waals surface area contributed by atoms with Crippen molar-refractivity contribution in [3.8, 4) is 11.4 Å². The second-order valence-electron chi connectivity index (χ2n) is 19.3. The van der Waals surface area contributed by atoms with Gasteiger partial charge in [0.25, 0.3) is 17.4 Å². The van der Waals surface area contributed by atoms with E-state index in [4.69, 9.17) is 23.9 Å². The van der Waals surface area contributed by atoms with Crippen molar-refractivity contribution in [2.75, 3.05) is 51.4 Å². The highest BCUT2D eigenvalue weighted by molar-refractivity contribution is 6.12. The number of nitrogens with one attached hydrogen (secondary N) is 5. The summed E-state index contributed by atoms with van der Waals surface area (Å²) in [6.07, 6.45) is 2.42. The van der Waals surface area contributed by atoms with E-state index in [0.29, 0.717) is 63.1 Å². The molecule has 0 saturated heterocycles. The molecule has 79 heavy (non-hydrogen) atoms. The number of ether oxygens (including phenoxy) is 4. The molecule has 1 aliphatic carbocycles. The zero-order chi connectivity index (χ0) is 56.0. The molecule has 0 spiro atoms. The topological polar surface area (TPSA) is 292 Å². The molecule has 7 amide bonds. The highest BCUT2D eigenvalue weighted by Crippen LogP contribution is 2.46. The highest BCUT2D eigenvalue weighted by Gasteiger charge is 2.46. The first-order valence-corrected chi connectivity index (χ1v) is 25.7. The van der Waals surface area contributed by atoms with Crippen molar-refractivity contribution in [2.24, 2.45) is 0 Å². The van der Waals surface area contributed by atoms with E-state index in [1.165, 1.54) is 22.8 Å². The molecule has 5 aromatic rings. The summed E-state index contributed by atoms with van der Waals surface area (Å²) < 4.78 is 38.5. The maximum absolute atomic E-state index is 15.4. The number of alkyl carbamates (subject to hydrolysis) is 1. The number of benzene rings is 3. The zero-order valence-corrected chi connectivity index (χ0v) is 43.2. The smallest absolute Gasteiger partial charge is 0.407 e. The fraction of sp³-hybridized carbons (Fsp3) is 0.357. The number of fused-ring (bicyclic) bond motifs is 5. The molecule has 0 fully saturated rings. The number of aliphatic hydroxyl groups is 1. The van der Waals surface area contributed by atoms with Gasteiger partial charge in [0.15, 0.2) is 5.60 Å². The first-order valence-electron chi connectivity index (χ1n) is 25.7. The average Bonchev–Trinajstić information content (AvgIpc) is 3.60. The first kappa shape index (κ1) is 55.1. The minimum Gasteiger partial charge on any atom is -0.458 e. The molecule has 23 heteroatoms.